The molecule has 0 aromatic heterocycles. The second kappa shape index (κ2) is 6.73. The highest BCUT2D eigenvalue weighted by Crippen LogP contribution is 2.21. The van der Waals surface area contributed by atoms with E-state index in [9.17, 15) is 9.90 Å². The van der Waals surface area contributed by atoms with E-state index in [-0.39, 0.29) is 18.4 Å². The molecule has 1 saturated heterocycles. The minimum absolute atomic E-state index is 0. The molecule has 1 aliphatic rings. The van der Waals surface area contributed by atoms with Crippen LogP contribution in [0.2, 0.25) is 0 Å². The van der Waals surface area contributed by atoms with E-state index in [2.05, 4.69) is 0 Å². The van der Waals surface area contributed by atoms with Crippen molar-refractivity contribution in [1.29, 1.82) is 0 Å². The third-order valence-corrected chi connectivity index (χ3v) is 3.14. The largest absolute Gasteiger partial charge is 0.468 e. The van der Waals surface area contributed by atoms with Gasteiger partial charge in [0.2, 0.25) is 0 Å². The van der Waals surface area contributed by atoms with Gasteiger partial charge in [-0.2, -0.15) is 0 Å². The molecule has 2 rings (SSSR count). The molecule has 5 heteroatoms. The Hall–Kier alpha value is -1.10. The van der Waals surface area contributed by atoms with Crippen molar-refractivity contribution in [1.82, 2.24) is 4.90 Å². The molecule has 1 aliphatic heterocycles. The molecular formula is C13H18ClNO3. The monoisotopic (exact) mass is 271 g/mol. The van der Waals surface area contributed by atoms with Crippen LogP contribution >= 0.6 is 12.4 Å². The second-order valence-electron chi connectivity index (χ2n) is 4.28. The number of esters is 1. The van der Waals surface area contributed by atoms with Gasteiger partial charge in [0.15, 0.2) is 0 Å². The van der Waals surface area contributed by atoms with Crippen LogP contribution in [0.5, 0.6) is 0 Å². The predicted molar refractivity (Wildman–Crippen MR) is 70.5 cm³/mol. The van der Waals surface area contributed by atoms with E-state index >= 15 is 0 Å². The van der Waals surface area contributed by atoms with Crippen LogP contribution in [0.15, 0.2) is 30.3 Å². The molecule has 18 heavy (non-hydrogen) atoms. The van der Waals surface area contributed by atoms with Crippen LogP contribution in [0.25, 0.3) is 0 Å². The van der Waals surface area contributed by atoms with Crippen molar-refractivity contribution in [2.45, 2.75) is 25.1 Å². The Kier molecular flexibility index (Phi) is 5.59. The van der Waals surface area contributed by atoms with E-state index in [1.165, 1.54) is 7.11 Å². The first kappa shape index (κ1) is 15.0. The zero-order valence-corrected chi connectivity index (χ0v) is 11.1. The van der Waals surface area contributed by atoms with Gasteiger partial charge in [-0.1, -0.05) is 30.3 Å². The molecule has 2 atom stereocenters. The smallest absolute Gasteiger partial charge is 0.325 e. The fourth-order valence-corrected chi connectivity index (χ4v) is 2.26. The van der Waals surface area contributed by atoms with Crippen LogP contribution in [-0.2, 0) is 16.1 Å². The molecule has 0 spiro atoms. The number of benzene rings is 1. The van der Waals surface area contributed by atoms with Gasteiger partial charge >= 0.3 is 5.97 Å². The van der Waals surface area contributed by atoms with E-state index in [4.69, 9.17) is 4.74 Å². The standard InChI is InChI=1S/C13H17NO3.ClH/c1-17-13(16)12-11(15)7-8-14(12)9-10-5-3-2-4-6-10;/h2-6,11-12,15H,7-9H2,1H3;1H/t11-,12?;/m0./s1. The highest BCUT2D eigenvalue weighted by Gasteiger charge is 2.38. The first-order chi connectivity index (χ1) is 8.22. The van der Waals surface area contributed by atoms with E-state index in [0.717, 1.165) is 12.1 Å². The average molecular weight is 272 g/mol. The summed E-state index contributed by atoms with van der Waals surface area (Å²) in [6, 6.07) is 9.39. The zero-order valence-electron chi connectivity index (χ0n) is 10.3. The first-order valence-corrected chi connectivity index (χ1v) is 5.76. The summed E-state index contributed by atoms with van der Waals surface area (Å²) in [5.74, 6) is -0.356. The number of nitrogens with zero attached hydrogens (tertiary/aromatic N) is 1. The topological polar surface area (TPSA) is 49.8 Å². The van der Waals surface area contributed by atoms with Crippen molar-refractivity contribution in [3.8, 4) is 0 Å². The summed E-state index contributed by atoms with van der Waals surface area (Å²) >= 11 is 0. The normalized spacial score (nSPS) is 23.4. The molecule has 1 unspecified atom stereocenters. The van der Waals surface area contributed by atoms with E-state index < -0.39 is 12.1 Å². The number of hydrogen-bond donors (Lipinski definition) is 1. The van der Waals surface area contributed by atoms with Crippen molar-refractivity contribution >= 4 is 18.4 Å². The van der Waals surface area contributed by atoms with Crippen LogP contribution in [0.4, 0.5) is 0 Å². The van der Waals surface area contributed by atoms with Crippen molar-refractivity contribution in [2.75, 3.05) is 13.7 Å². The number of aliphatic hydroxyl groups is 1. The summed E-state index contributed by atoms with van der Waals surface area (Å²) in [6.45, 7) is 1.38. The van der Waals surface area contributed by atoms with Gasteiger partial charge in [-0.25, -0.2) is 0 Å². The molecule has 4 nitrogen and oxygen atoms in total. The molecule has 100 valence electrons. The summed E-state index contributed by atoms with van der Waals surface area (Å²) in [4.78, 5) is 13.6. The van der Waals surface area contributed by atoms with Gasteiger partial charge in [-0.3, -0.25) is 9.69 Å². The summed E-state index contributed by atoms with van der Waals surface area (Å²) < 4.78 is 4.73. The molecule has 1 N–H and O–H groups in total. The minimum Gasteiger partial charge on any atom is -0.468 e. The molecule has 1 aromatic rings. The van der Waals surface area contributed by atoms with Crippen molar-refractivity contribution < 1.29 is 14.6 Å². The number of aliphatic hydroxyl groups excluding tert-OH is 1. The molecule has 0 bridgehead atoms. The summed E-state index contributed by atoms with van der Waals surface area (Å²) in [6.07, 6.45) is -0.00164. The van der Waals surface area contributed by atoms with Gasteiger partial charge in [0, 0.05) is 13.1 Å². The molecule has 0 radical (unpaired) electrons. The number of carbonyl (C=O) groups excluding carboxylic acids is 1. The van der Waals surface area contributed by atoms with Crippen molar-refractivity contribution in [2.24, 2.45) is 0 Å². The fourth-order valence-electron chi connectivity index (χ4n) is 2.26. The number of likely N-dealkylation sites (tertiary alicyclic amines) is 1. The minimum atomic E-state index is -0.619. The number of carbonyl (C=O) groups is 1. The van der Waals surface area contributed by atoms with Gasteiger partial charge in [-0.15, -0.1) is 12.4 Å². The lowest BCUT2D eigenvalue weighted by atomic mass is 10.1. The molecule has 0 aliphatic carbocycles. The molecule has 1 heterocycles. The van der Waals surface area contributed by atoms with E-state index in [1.807, 2.05) is 35.2 Å². The van der Waals surface area contributed by atoms with Gasteiger partial charge in [0.05, 0.1) is 13.2 Å². The third-order valence-electron chi connectivity index (χ3n) is 3.14. The average Bonchev–Trinajstić information content (AvgIpc) is 2.71. The Bertz CT molecular complexity index is 385. The van der Waals surface area contributed by atoms with Crippen LogP contribution in [0, 0.1) is 0 Å². The summed E-state index contributed by atoms with van der Waals surface area (Å²) in [7, 11) is 1.36. The molecule has 0 saturated carbocycles. The number of methoxy groups -OCH3 is 1. The van der Waals surface area contributed by atoms with Crippen molar-refractivity contribution in [3.63, 3.8) is 0 Å². The fraction of sp³-hybridized carbons (Fsp3) is 0.462. The Morgan fingerprint density at radius 3 is 2.72 bits per heavy atom. The zero-order chi connectivity index (χ0) is 12.3. The van der Waals surface area contributed by atoms with Crippen LogP contribution in [0.3, 0.4) is 0 Å². The van der Waals surface area contributed by atoms with Gasteiger partial charge in [-0.05, 0) is 12.0 Å². The third kappa shape index (κ3) is 3.22. The maximum atomic E-state index is 11.6. The maximum absolute atomic E-state index is 11.6. The Morgan fingerprint density at radius 2 is 2.11 bits per heavy atom. The lowest BCUT2D eigenvalue weighted by molar-refractivity contribution is -0.148. The summed E-state index contributed by atoms with van der Waals surface area (Å²) in [5, 5.41) is 9.80. The molecule has 0 amide bonds. The predicted octanol–water partition coefficient (Wildman–Crippen LogP) is 1.22. The van der Waals surface area contributed by atoms with Crippen LogP contribution in [0.1, 0.15) is 12.0 Å². The van der Waals surface area contributed by atoms with E-state index in [1.54, 1.807) is 0 Å². The quantitative estimate of drug-likeness (QED) is 0.840. The lowest BCUT2D eigenvalue weighted by Gasteiger charge is -2.23. The Morgan fingerprint density at radius 1 is 1.44 bits per heavy atom. The highest BCUT2D eigenvalue weighted by atomic mass is 35.5. The first-order valence-electron chi connectivity index (χ1n) is 5.76. The highest BCUT2D eigenvalue weighted by molar-refractivity contribution is 5.85. The number of ether oxygens (including phenoxy) is 1. The molecule has 1 aromatic carbocycles. The molecule has 1 fully saturated rings. The second-order valence-corrected chi connectivity index (χ2v) is 4.28. The SMILES string of the molecule is COC(=O)C1[C@@H](O)CCN1Cc1ccccc1.Cl. The summed E-state index contributed by atoms with van der Waals surface area (Å²) in [5.41, 5.74) is 1.13. The maximum Gasteiger partial charge on any atom is 0.325 e. The Labute approximate surface area is 113 Å². The number of halogens is 1. The number of rotatable bonds is 3. The van der Waals surface area contributed by atoms with Crippen molar-refractivity contribution in [3.05, 3.63) is 35.9 Å². The van der Waals surface area contributed by atoms with Gasteiger partial charge in [0.1, 0.15) is 6.04 Å². The van der Waals surface area contributed by atoms with Crippen LogP contribution < -0.4 is 0 Å². The number of hydrogen-bond acceptors (Lipinski definition) is 4. The molecular weight excluding hydrogens is 254 g/mol. The van der Waals surface area contributed by atoms with Gasteiger partial charge < -0.3 is 9.84 Å². The van der Waals surface area contributed by atoms with E-state index in [0.29, 0.717) is 13.0 Å². The lowest BCUT2D eigenvalue weighted by Crippen LogP contribution is -2.42. The van der Waals surface area contributed by atoms with Gasteiger partial charge in [0.25, 0.3) is 0 Å². The van der Waals surface area contributed by atoms with Crippen LogP contribution in [-0.4, -0.2) is 41.8 Å². The Balaban J connectivity index is 0.00000162.